The van der Waals surface area contributed by atoms with Crippen LogP contribution in [0.4, 0.5) is 11.4 Å². The number of carboxylic acids is 1. The molecule has 1 rings (SSSR count). The monoisotopic (exact) mass is 258 g/mol. The zero-order valence-corrected chi connectivity index (χ0v) is 9.50. The smallest absolute Gasteiger partial charge is 0.335 e. The van der Waals surface area contributed by atoms with Gasteiger partial charge in [0.1, 0.15) is 0 Å². The van der Waals surface area contributed by atoms with Crippen molar-refractivity contribution in [2.24, 2.45) is 0 Å². The third kappa shape index (κ3) is 1.98. The van der Waals surface area contributed by atoms with Gasteiger partial charge in [-0.1, -0.05) is 0 Å². The van der Waals surface area contributed by atoms with Crippen LogP contribution in [-0.4, -0.2) is 25.2 Å². The summed E-state index contributed by atoms with van der Waals surface area (Å²) in [5.74, 6) is -0.984. The van der Waals surface area contributed by atoms with Crippen LogP contribution in [0.2, 0.25) is 0 Å². The molecule has 0 aliphatic rings. The molecule has 1 aromatic rings. The largest absolute Gasteiger partial charge is 0.478 e. The summed E-state index contributed by atoms with van der Waals surface area (Å²) in [6.07, 6.45) is 0. The topological polar surface area (TPSA) is 66.6 Å². The number of carboxylic acid groups (broad SMARTS) is 1. The van der Waals surface area contributed by atoms with Crippen molar-refractivity contribution in [2.75, 3.05) is 24.7 Å². The predicted molar refractivity (Wildman–Crippen MR) is 59.8 cm³/mol. The van der Waals surface area contributed by atoms with Crippen LogP contribution in [0, 0.1) is 0 Å². The Morgan fingerprint density at radius 2 is 2.07 bits per heavy atom. The normalized spacial score (nSPS) is 9.93. The summed E-state index contributed by atoms with van der Waals surface area (Å²) in [6, 6.07) is 2.98. The molecule has 1 aromatic carbocycles. The van der Waals surface area contributed by atoms with Crippen molar-refractivity contribution >= 4 is 33.3 Å². The van der Waals surface area contributed by atoms with Crippen LogP contribution in [0.25, 0.3) is 0 Å². The molecule has 0 heterocycles. The molecule has 0 atom stereocenters. The highest BCUT2D eigenvalue weighted by Crippen LogP contribution is 2.32. The number of anilines is 2. The fourth-order valence-electron chi connectivity index (χ4n) is 1.22. The molecule has 0 unspecified atom stereocenters. The molecule has 3 N–H and O–H groups in total. The second kappa shape index (κ2) is 3.88. The van der Waals surface area contributed by atoms with Crippen LogP contribution in [0.15, 0.2) is 16.6 Å². The van der Waals surface area contributed by atoms with E-state index < -0.39 is 5.97 Å². The van der Waals surface area contributed by atoms with E-state index in [2.05, 4.69) is 15.9 Å². The molecular formula is C9H11BrN2O2. The van der Waals surface area contributed by atoms with Crippen molar-refractivity contribution in [3.8, 4) is 0 Å². The lowest BCUT2D eigenvalue weighted by Gasteiger charge is -2.17. The molecule has 0 amide bonds. The molecule has 14 heavy (non-hydrogen) atoms. The lowest BCUT2D eigenvalue weighted by molar-refractivity contribution is 0.0697. The van der Waals surface area contributed by atoms with Crippen LogP contribution in [0.1, 0.15) is 10.4 Å². The molecule has 0 aliphatic heterocycles. The molecule has 0 saturated carbocycles. The van der Waals surface area contributed by atoms with E-state index >= 15 is 0 Å². The van der Waals surface area contributed by atoms with E-state index in [1.54, 1.807) is 0 Å². The molecule has 0 aromatic heterocycles. The minimum atomic E-state index is -0.984. The first-order valence-corrected chi connectivity index (χ1v) is 4.72. The minimum Gasteiger partial charge on any atom is -0.478 e. The minimum absolute atomic E-state index is 0.181. The zero-order chi connectivity index (χ0) is 10.9. The summed E-state index contributed by atoms with van der Waals surface area (Å²) in [5, 5.41) is 8.77. The molecule has 0 saturated heterocycles. The molecule has 0 spiro atoms. The van der Waals surface area contributed by atoms with Crippen LogP contribution in [0.5, 0.6) is 0 Å². The Morgan fingerprint density at radius 3 is 2.43 bits per heavy atom. The quantitative estimate of drug-likeness (QED) is 0.794. The first-order chi connectivity index (χ1) is 6.43. The van der Waals surface area contributed by atoms with Crippen molar-refractivity contribution in [2.45, 2.75) is 0 Å². The van der Waals surface area contributed by atoms with Crippen molar-refractivity contribution in [3.05, 3.63) is 22.2 Å². The highest BCUT2D eigenvalue weighted by molar-refractivity contribution is 9.10. The van der Waals surface area contributed by atoms with Crippen LogP contribution >= 0.6 is 15.9 Å². The average Bonchev–Trinajstić information content (AvgIpc) is 2.01. The van der Waals surface area contributed by atoms with Gasteiger partial charge in [0.05, 0.1) is 16.9 Å². The number of halogens is 1. The van der Waals surface area contributed by atoms with E-state index in [1.807, 2.05) is 19.0 Å². The first kappa shape index (κ1) is 10.8. The van der Waals surface area contributed by atoms with Gasteiger partial charge in [-0.05, 0) is 28.1 Å². The number of hydrogen-bond donors (Lipinski definition) is 2. The standard InChI is InChI=1S/C9H11BrN2O2/c1-12(2)8-6(10)3-5(9(13)14)4-7(8)11/h3-4H,11H2,1-2H3,(H,13,14). The molecule has 0 fully saturated rings. The number of aromatic carboxylic acids is 1. The molecule has 76 valence electrons. The maximum Gasteiger partial charge on any atom is 0.335 e. The summed E-state index contributed by atoms with van der Waals surface area (Å²) >= 11 is 3.28. The predicted octanol–water partition coefficient (Wildman–Crippen LogP) is 1.80. The summed E-state index contributed by atoms with van der Waals surface area (Å²) < 4.78 is 0.680. The summed E-state index contributed by atoms with van der Waals surface area (Å²) in [5.41, 5.74) is 7.14. The van der Waals surface area contributed by atoms with Crippen LogP contribution in [-0.2, 0) is 0 Å². The van der Waals surface area contributed by atoms with Gasteiger partial charge in [0, 0.05) is 18.6 Å². The van der Waals surface area contributed by atoms with Gasteiger partial charge >= 0.3 is 5.97 Å². The van der Waals surface area contributed by atoms with Crippen LogP contribution in [0.3, 0.4) is 0 Å². The number of benzene rings is 1. The van der Waals surface area contributed by atoms with E-state index in [-0.39, 0.29) is 5.56 Å². The maximum absolute atomic E-state index is 10.7. The Balaban J connectivity index is 3.32. The number of nitrogen functional groups attached to an aromatic ring is 1. The molecule has 5 heteroatoms. The second-order valence-corrected chi connectivity index (χ2v) is 3.95. The maximum atomic E-state index is 10.7. The van der Waals surface area contributed by atoms with Crippen molar-refractivity contribution in [1.82, 2.24) is 0 Å². The Morgan fingerprint density at radius 1 is 1.50 bits per heavy atom. The van der Waals surface area contributed by atoms with Gasteiger partial charge in [0.25, 0.3) is 0 Å². The second-order valence-electron chi connectivity index (χ2n) is 3.10. The molecular weight excluding hydrogens is 248 g/mol. The van der Waals surface area contributed by atoms with E-state index in [0.29, 0.717) is 10.2 Å². The van der Waals surface area contributed by atoms with Gasteiger partial charge in [-0.15, -0.1) is 0 Å². The Kier molecular flexibility index (Phi) is 3.00. The van der Waals surface area contributed by atoms with Gasteiger partial charge in [0.2, 0.25) is 0 Å². The number of carbonyl (C=O) groups is 1. The molecule has 0 bridgehead atoms. The van der Waals surface area contributed by atoms with Gasteiger partial charge < -0.3 is 15.7 Å². The van der Waals surface area contributed by atoms with Gasteiger partial charge in [-0.25, -0.2) is 4.79 Å². The number of hydrogen-bond acceptors (Lipinski definition) is 3. The van der Waals surface area contributed by atoms with Gasteiger partial charge in [-0.3, -0.25) is 0 Å². The van der Waals surface area contributed by atoms with Crippen molar-refractivity contribution in [1.29, 1.82) is 0 Å². The van der Waals surface area contributed by atoms with E-state index in [0.717, 1.165) is 5.69 Å². The lowest BCUT2D eigenvalue weighted by atomic mass is 10.1. The fraction of sp³-hybridized carbons (Fsp3) is 0.222. The van der Waals surface area contributed by atoms with E-state index in [9.17, 15) is 4.79 Å². The Labute approximate surface area is 90.4 Å². The van der Waals surface area contributed by atoms with Gasteiger partial charge in [-0.2, -0.15) is 0 Å². The highest BCUT2D eigenvalue weighted by Gasteiger charge is 2.12. The third-order valence-corrected chi connectivity index (χ3v) is 2.39. The Bertz CT molecular complexity index is 354. The summed E-state index contributed by atoms with van der Waals surface area (Å²) in [4.78, 5) is 12.5. The summed E-state index contributed by atoms with van der Waals surface area (Å²) in [6.45, 7) is 0. The fourth-order valence-corrected chi connectivity index (χ4v) is 2.05. The van der Waals surface area contributed by atoms with Crippen molar-refractivity contribution < 1.29 is 9.90 Å². The lowest BCUT2D eigenvalue weighted by Crippen LogP contribution is -2.12. The van der Waals surface area contributed by atoms with Gasteiger partial charge in [0.15, 0.2) is 0 Å². The first-order valence-electron chi connectivity index (χ1n) is 3.93. The number of rotatable bonds is 2. The zero-order valence-electron chi connectivity index (χ0n) is 7.91. The van der Waals surface area contributed by atoms with Crippen LogP contribution < -0.4 is 10.6 Å². The van der Waals surface area contributed by atoms with E-state index in [1.165, 1.54) is 12.1 Å². The molecule has 4 nitrogen and oxygen atoms in total. The molecule has 0 radical (unpaired) electrons. The number of nitrogens with two attached hydrogens (primary N) is 1. The Hall–Kier alpha value is -1.23. The highest BCUT2D eigenvalue weighted by atomic mass is 79.9. The van der Waals surface area contributed by atoms with Crippen molar-refractivity contribution in [3.63, 3.8) is 0 Å². The third-order valence-electron chi connectivity index (χ3n) is 1.79. The SMILES string of the molecule is CN(C)c1c(N)cc(C(=O)O)cc1Br. The molecule has 0 aliphatic carbocycles. The van der Waals surface area contributed by atoms with E-state index in [4.69, 9.17) is 10.8 Å². The summed E-state index contributed by atoms with van der Waals surface area (Å²) in [7, 11) is 3.69. The number of nitrogens with zero attached hydrogens (tertiary/aromatic N) is 1. The average molecular weight is 259 g/mol.